The fourth-order valence-electron chi connectivity index (χ4n) is 1.89. The third kappa shape index (κ3) is 2.74. The number of carbonyl (C=O) groups excluding carboxylic acids is 1. The molecule has 0 bridgehead atoms. The van der Waals surface area contributed by atoms with Crippen LogP contribution in [0.5, 0.6) is 0 Å². The summed E-state index contributed by atoms with van der Waals surface area (Å²) in [6.07, 6.45) is 0.357. The number of Topliss-reactive ketones (excluding diaryl/α,β-unsaturated/α-hetero) is 1. The minimum Gasteiger partial charge on any atom is -0.294 e. The van der Waals surface area contributed by atoms with Gasteiger partial charge in [0.15, 0.2) is 15.6 Å². The van der Waals surface area contributed by atoms with E-state index >= 15 is 0 Å². The summed E-state index contributed by atoms with van der Waals surface area (Å²) in [6, 6.07) is 3.97. The van der Waals surface area contributed by atoms with E-state index in [4.69, 9.17) is 0 Å². The Hall–Kier alpha value is -0.750. The minimum absolute atomic E-state index is 0.0613. The molecule has 1 unspecified atom stereocenters. The third-order valence-electron chi connectivity index (χ3n) is 2.81. The molecular weight excluding hydrogens is 311 g/mol. The highest BCUT2D eigenvalue weighted by Crippen LogP contribution is 2.25. The number of hydrogen-bond donors (Lipinski definition) is 0. The lowest BCUT2D eigenvalue weighted by Gasteiger charge is -2.07. The van der Waals surface area contributed by atoms with Crippen LogP contribution in [0.4, 0.5) is 4.39 Å². The summed E-state index contributed by atoms with van der Waals surface area (Å²) in [4.78, 5) is 12.0. The first kappa shape index (κ1) is 12.7. The number of ketones is 1. The number of benzene rings is 1. The average molecular weight is 321 g/mol. The first-order valence-corrected chi connectivity index (χ1v) is 7.70. The van der Waals surface area contributed by atoms with Crippen LogP contribution in [0.15, 0.2) is 22.7 Å². The molecule has 1 saturated heterocycles. The largest absolute Gasteiger partial charge is 0.294 e. The maximum Gasteiger partial charge on any atom is 0.167 e. The van der Waals surface area contributed by atoms with Gasteiger partial charge in [-0.25, -0.2) is 12.8 Å². The molecule has 0 radical (unpaired) electrons. The molecule has 0 saturated carbocycles. The van der Waals surface area contributed by atoms with Crippen molar-refractivity contribution >= 4 is 31.6 Å². The topological polar surface area (TPSA) is 51.2 Å². The molecule has 1 fully saturated rings. The van der Waals surface area contributed by atoms with Gasteiger partial charge in [-0.2, -0.15) is 0 Å². The maximum absolute atomic E-state index is 13.0. The van der Waals surface area contributed by atoms with E-state index in [2.05, 4.69) is 15.9 Å². The van der Waals surface area contributed by atoms with Gasteiger partial charge in [-0.3, -0.25) is 4.79 Å². The fraction of sp³-hybridized carbons (Fsp3) is 0.364. The van der Waals surface area contributed by atoms with Gasteiger partial charge in [0, 0.05) is 11.5 Å². The van der Waals surface area contributed by atoms with Crippen molar-refractivity contribution in [3.8, 4) is 0 Å². The zero-order chi connectivity index (χ0) is 12.6. The Kier molecular flexibility index (Phi) is 3.36. The van der Waals surface area contributed by atoms with Crippen molar-refractivity contribution < 1.29 is 17.6 Å². The van der Waals surface area contributed by atoms with Crippen molar-refractivity contribution in [2.24, 2.45) is 5.92 Å². The number of hydrogen-bond acceptors (Lipinski definition) is 3. The molecule has 6 heteroatoms. The van der Waals surface area contributed by atoms with Crippen LogP contribution in [-0.4, -0.2) is 25.7 Å². The molecule has 1 atom stereocenters. The van der Waals surface area contributed by atoms with Gasteiger partial charge in [-0.15, -0.1) is 0 Å². The predicted octanol–water partition coefficient (Wildman–Crippen LogP) is 2.21. The van der Waals surface area contributed by atoms with Crippen molar-refractivity contribution in [3.05, 3.63) is 34.1 Å². The second-order valence-corrected chi connectivity index (χ2v) is 7.18. The lowest BCUT2D eigenvalue weighted by Crippen LogP contribution is -2.16. The summed E-state index contributed by atoms with van der Waals surface area (Å²) in [7, 11) is -3.07. The SMILES string of the molecule is O=C(c1ccc(F)c(Br)c1)C1CCS(=O)(=O)C1. The minimum atomic E-state index is -3.07. The quantitative estimate of drug-likeness (QED) is 0.785. The second kappa shape index (κ2) is 4.49. The van der Waals surface area contributed by atoms with Gasteiger partial charge in [-0.1, -0.05) is 0 Å². The Morgan fingerprint density at radius 3 is 2.65 bits per heavy atom. The van der Waals surface area contributed by atoms with E-state index in [0.717, 1.165) is 0 Å². The van der Waals surface area contributed by atoms with Gasteiger partial charge < -0.3 is 0 Å². The molecule has 0 spiro atoms. The van der Waals surface area contributed by atoms with E-state index in [1.165, 1.54) is 18.2 Å². The first-order valence-electron chi connectivity index (χ1n) is 5.09. The highest BCUT2D eigenvalue weighted by Gasteiger charge is 2.33. The van der Waals surface area contributed by atoms with Crippen LogP contribution in [0, 0.1) is 11.7 Å². The lowest BCUT2D eigenvalue weighted by atomic mass is 9.97. The molecule has 0 aromatic heterocycles. The van der Waals surface area contributed by atoms with Gasteiger partial charge in [0.05, 0.1) is 16.0 Å². The number of halogens is 2. The van der Waals surface area contributed by atoms with E-state index < -0.39 is 21.6 Å². The first-order chi connectivity index (χ1) is 7.89. The molecule has 1 aromatic carbocycles. The molecule has 1 heterocycles. The van der Waals surface area contributed by atoms with Gasteiger partial charge in [0.2, 0.25) is 0 Å². The molecule has 17 heavy (non-hydrogen) atoms. The molecule has 0 amide bonds. The van der Waals surface area contributed by atoms with Gasteiger partial charge in [0.1, 0.15) is 5.82 Å². The summed E-state index contributed by atoms with van der Waals surface area (Å²) < 4.78 is 35.8. The predicted molar refractivity (Wildman–Crippen MR) is 65.2 cm³/mol. The Balaban J connectivity index is 2.23. The van der Waals surface area contributed by atoms with E-state index in [1.807, 2.05) is 0 Å². The summed E-state index contributed by atoms with van der Waals surface area (Å²) in [5.74, 6) is -1.20. The van der Waals surface area contributed by atoms with Crippen LogP contribution in [0.25, 0.3) is 0 Å². The average Bonchev–Trinajstić information content (AvgIpc) is 2.62. The van der Waals surface area contributed by atoms with Gasteiger partial charge >= 0.3 is 0 Å². The smallest absolute Gasteiger partial charge is 0.167 e. The van der Waals surface area contributed by atoms with Crippen LogP contribution in [0.1, 0.15) is 16.8 Å². The van der Waals surface area contributed by atoms with E-state index in [1.54, 1.807) is 0 Å². The highest BCUT2D eigenvalue weighted by molar-refractivity contribution is 9.10. The molecule has 0 aliphatic carbocycles. The van der Waals surface area contributed by atoms with Crippen molar-refractivity contribution in [2.75, 3.05) is 11.5 Å². The van der Waals surface area contributed by atoms with Crippen LogP contribution in [0.2, 0.25) is 0 Å². The Bertz CT molecular complexity index is 568. The van der Waals surface area contributed by atoms with Crippen molar-refractivity contribution in [1.29, 1.82) is 0 Å². The van der Waals surface area contributed by atoms with E-state index in [9.17, 15) is 17.6 Å². The summed E-state index contributed by atoms with van der Waals surface area (Å²) in [6.45, 7) is 0. The Morgan fingerprint density at radius 2 is 2.12 bits per heavy atom. The number of carbonyl (C=O) groups is 1. The second-order valence-electron chi connectivity index (χ2n) is 4.09. The zero-order valence-corrected chi connectivity index (χ0v) is 11.2. The lowest BCUT2D eigenvalue weighted by molar-refractivity contribution is 0.0933. The molecule has 1 aromatic rings. The van der Waals surface area contributed by atoms with Gasteiger partial charge in [-0.05, 0) is 40.5 Å². The maximum atomic E-state index is 13.0. The molecule has 1 aliphatic rings. The molecule has 3 nitrogen and oxygen atoms in total. The summed E-state index contributed by atoms with van der Waals surface area (Å²) in [5.41, 5.74) is 0.348. The van der Waals surface area contributed by atoms with Gasteiger partial charge in [0.25, 0.3) is 0 Å². The van der Waals surface area contributed by atoms with E-state index in [-0.39, 0.29) is 21.8 Å². The van der Waals surface area contributed by atoms with Crippen molar-refractivity contribution in [3.63, 3.8) is 0 Å². The van der Waals surface area contributed by atoms with E-state index in [0.29, 0.717) is 12.0 Å². The molecular formula is C11H10BrFO3S. The fourth-order valence-corrected chi connectivity index (χ4v) is 4.01. The van der Waals surface area contributed by atoms with Crippen LogP contribution < -0.4 is 0 Å². The summed E-state index contributed by atoms with van der Waals surface area (Å²) >= 11 is 3.00. The Morgan fingerprint density at radius 1 is 1.41 bits per heavy atom. The van der Waals surface area contributed by atoms with Crippen LogP contribution in [-0.2, 0) is 9.84 Å². The monoisotopic (exact) mass is 320 g/mol. The third-order valence-corrected chi connectivity index (χ3v) is 5.18. The number of sulfone groups is 1. The molecule has 92 valence electrons. The molecule has 2 rings (SSSR count). The highest BCUT2D eigenvalue weighted by atomic mass is 79.9. The zero-order valence-electron chi connectivity index (χ0n) is 8.82. The molecule has 0 N–H and O–H groups in total. The van der Waals surface area contributed by atoms with Crippen molar-refractivity contribution in [2.45, 2.75) is 6.42 Å². The van der Waals surface area contributed by atoms with Crippen molar-refractivity contribution in [1.82, 2.24) is 0 Å². The Labute approximate surface area is 107 Å². The van der Waals surface area contributed by atoms with Crippen LogP contribution >= 0.6 is 15.9 Å². The normalized spacial score (nSPS) is 22.6. The summed E-state index contributed by atoms with van der Waals surface area (Å²) in [5, 5.41) is 0. The van der Waals surface area contributed by atoms with Crippen LogP contribution in [0.3, 0.4) is 0 Å². The molecule has 1 aliphatic heterocycles. The number of rotatable bonds is 2. The standard InChI is InChI=1S/C11H10BrFO3S/c12-9-5-7(1-2-10(9)13)11(14)8-3-4-17(15,16)6-8/h1-2,5,8H,3-4,6H2.